The highest BCUT2D eigenvalue weighted by Gasteiger charge is 2.31. The maximum Gasteiger partial charge on any atom is 0.225 e. The summed E-state index contributed by atoms with van der Waals surface area (Å²) in [5.41, 5.74) is 1.25. The van der Waals surface area contributed by atoms with Crippen molar-refractivity contribution < 1.29 is 0 Å². The van der Waals surface area contributed by atoms with Crippen molar-refractivity contribution in [2.24, 2.45) is 5.92 Å². The van der Waals surface area contributed by atoms with Gasteiger partial charge in [-0.1, -0.05) is 0 Å². The predicted octanol–water partition coefficient (Wildman–Crippen LogP) is 2.60. The minimum Gasteiger partial charge on any atom is -0.341 e. The zero-order valence-corrected chi connectivity index (χ0v) is 12.8. The molecule has 0 bridgehead atoms. The SMILES string of the molecule is CC(C1CC1)N(C)c1ncc(CNC(C)(C)C)cn1. The van der Waals surface area contributed by atoms with Gasteiger partial charge in [0.05, 0.1) is 0 Å². The number of nitrogens with one attached hydrogen (secondary N) is 1. The van der Waals surface area contributed by atoms with E-state index in [-0.39, 0.29) is 5.54 Å². The van der Waals surface area contributed by atoms with Crippen LogP contribution in [0.2, 0.25) is 0 Å². The Labute approximate surface area is 116 Å². The number of rotatable bonds is 5. The molecule has 1 heterocycles. The van der Waals surface area contributed by atoms with Crippen molar-refractivity contribution in [2.45, 2.75) is 58.7 Å². The van der Waals surface area contributed by atoms with Crippen LogP contribution in [0.5, 0.6) is 0 Å². The van der Waals surface area contributed by atoms with Crippen molar-refractivity contribution in [3.63, 3.8) is 0 Å². The van der Waals surface area contributed by atoms with Gasteiger partial charge in [0.25, 0.3) is 0 Å². The Kier molecular flexibility index (Phi) is 4.09. The fraction of sp³-hybridized carbons (Fsp3) is 0.733. The van der Waals surface area contributed by atoms with Gasteiger partial charge in [-0.15, -0.1) is 0 Å². The first kappa shape index (κ1) is 14.3. The lowest BCUT2D eigenvalue weighted by Crippen LogP contribution is -2.35. The van der Waals surface area contributed by atoms with Crippen LogP contribution in [0.3, 0.4) is 0 Å². The van der Waals surface area contributed by atoms with E-state index in [1.54, 1.807) is 0 Å². The summed E-state index contributed by atoms with van der Waals surface area (Å²) in [6, 6.07) is 0.540. The van der Waals surface area contributed by atoms with Crippen molar-refractivity contribution in [3.05, 3.63) is 18.0 Å². The summed E-state index contributed by atoms with van der Waals surface area (Å²) in [7, 11) is 2.09. The van der Waals surface area contributed by atoms with Crippen LogP contribution in [-0.2, 0) is 6.54 Å². The molecule has 106 valence electrons. The summed E-state index contributed by atoms with van der Waals surface area (Å²) in [6.07, 6.45) is 6.55. The molecule has 4 heteroatoms. The quantitative estimate of drug-likeness (QED) is 0.885. The molecule has 1 N–H and O–H groups in total. The highest BCUT2D eigenvalue weighted by Crippen LogP contribution is 2.35. The minimum absolute atomic E-state index is 0.121. The molecule has 2 rings (SSSR count). The second kappa shape index (κ2) is 5.45. The summed E-state index contributed by atoms with van der Waals surface area (Å²) in [6.45, 7) is 9.55. The summed E-state index contributed by atoms with van der Waals surface area (Å²) in [5, 5.41) is 3.44. The Hall–Kier alpha value is -1.16. The van der Waals surface area contributed by atoms with Gasteiger partial charge in [-0.25, -0.2) is 9.97 Å². The van der Waals surface area contributed by atoms with Crippen molar-refractivity contribution in [1.82, 2.24) is 15.3 Å². The molecular weight excluding hydrogens is 236 g/mol. The van der Waals surface area contributed by atoms with Gasteiger partial charge in [-0.2, -0.15) is 0 Å². The van der Waals surface area contributed by atoms with E-state index in [2.05, 4.69) is 54.9 Å². The van der Waals surface area contributed by atoms with Crippen molar-refractivity contribution in [1.29, 1.82) is 0 Å². The van der Waals surface area contributed by atoms with Gasteiger partial charge in [0, 0.05) is 43.1 Å². The Morgan fingerprint density at radius 2 is 1.89 bits per heavy atom. The average Bonchev–Trinajstić information content (AvgIpc) is 3.18. The van der Waals surface area contributed by atoms with Gasteiger partial charge in [0.2, 0.25) is 5.95 Å². The Morgan fingerprint density at radius 3 is 2.37 bits per heavy atom. The molecule has 1 unspecified atom stereocenters. The molecule has 0 aliphatic heterocycles. The van der Waals surface area contributed by atoms with Crippen LogP contribution in [0.25, 0.3) is 0 Å². The first-order valence-electron chi connectivity index (χ1n) is 7.15. The van der Waals surface area contributed by atoms with Gasteiger partial charge < -0.3 is 10.2 Å². The lowest BCUT2D eigenvalue weighted by atomic mass is 10.1. The lowest BCUT2D eigenvalue weighted by molar-refractivity contribution is 0.423. The van der Waals surface area contributed by atoms with E-state index in [0.717, 1.165) is 24.0 Å². The molecule has 0 radical (unpaired) electrons. The van der Waals surface area contributed by atoms with Gasteiger partial charge in [-0.05, 0) is 46.5 Å². The maximum absolute atomic E-state index is 4.49. The third-order valence-corrected chi connectivity index (χ3v) is 3.75. The molecule has 0 amide bonds. The molecule has 1 atom stereocenters. The molecule has 1 aliphatic rings. The second-order valence-electron chi connectivity index (χ2n) is 6.68. The number of aromatic nitrogens is 2. The highest BCUT2D eigenvalue weighted by atomic mass is 15.2. The number of hydrogen-bond donors (Lipinski definition) is 1. The van der Waals surface area contributed by atoms with Gasteiger partial charge >= 0.3 is 0 Å². The smallest absolute Gasteiger partial charge is 0.225 e. The lowest BCUT2D eigenvalue weighted by Gasteiger charge is -2.25. The fourth-order valence-electron chi connectivity index (χ4n) is 2.07. The monoisotopic (exact) mass is 262 g/mol. The Balaban J connectivity index is 1.93. The zero-order chi connectivity index (χ0) is 14.0. The van der Waals surface area contributed by atoms with E-state index >= 15 is 0 Å². The van der Waals surface area contributed by atoms with E-state index in [4.69, 9.17) is 0 Å². The van der Waals surface area contributed by atoms with E-state index in [9.17, 15) is 0 Å². The Morgan fingerprint density at radius 1 is 1.32 bits per heavy atom. The standard InChI is InChI=1S/C15H26N4/c1-11(13-6-7-13)19(5)14-16-8-12(9-17-14)10-18-15(2,3)4/h8-9,11,13,18H,6-7,10H2,1-5H3. The fourth-order valence-corrected chi connectivity index (χ4v) is 2.07. The third kappa shape index (κ3) is 4.16. The summed E-state index contributed by atoms with van der Waals surface area (Å²) in [5.74, 6) is 1.66. The molecule has 0 spiro atoms. The molecule has 0 aromatic carbocycles. The van der Waals surface area contributed by atoms with Crippen molar-refractivity contribution >= 4 is 5.95 Å². The number of hydrogen-bond acceptors (Lipinski definition) is 4. The second-order valence-corrected chi connectivity index (χ2v) is 6.68. The van der Waals surface area contributed by atoms with Crippen LogP contribution < -0.4 is 10.2 Å². The molecule has 1 fully saturated rings. The average molecular weight is 262 g/mol. The normalized spacial score (nSPS) is 17.3. The molecule has 1 saturated carbocycles. The maximum atomic E-state index is 4.49. The van der Waals surface area contributed by atoms with Crippen LogP contribution in [0.4, 0.5) is 5.95 Å². The van der Waals surface area contributed by atoms with Crippen LogP contribution >= 0.6 is 0 Å². The first-order chi connectivity index (χ1) is 8.87. The topological polar surface area (TPSA) is 41.1 Å². The number of nitrogens with zero attached hydrogens (tertiary/aromatic N) is 3. The molecule has 4 nitrogen and oxygen atoms in total. The van der Waals surface area contributed by atoms with Crippen LogP contribution in [0, 0.1) is 5.92 Å². The molecule has 1 aromatic heterocycles. The van der Waals surface area contributed by atoms with Crippen molar-refractivity contribution in [3.8, 4) is 0 Å². The molecule has 19 heavy (non-hydrogen) atoms. The van der Waals surface area contributed by atoms with Gasteiger partial charge in [0.15, 0.2) is 0 Å². The van der Waals surface area contributed by atoms with E-state index in [1.165, 1.54) is 12.8 Å². The molecule has 1 aliphatic carbocycles. The van der Waals surface area contributed by atoms with Gasteiger partial charge in [-0.3, -0.25) is 0 Å². The van der Waals surface area contributed by atoms with Crippen LogP contribution in [-0.4, -0.2) is 28.6 Å². The summed E-state index contributed by atoms with van der Waals surface area (Å²) >= 11 is 0. The van der Waals surface area contributed by atoms with E-state index < -0.39 is 0 Å². The molecule has 1 aromatic rings. The van der Waals surface area contributed by atoms with Crippen LogP contribution in [0.15, 0.2) is 12.4 Å². The largest absolute Gasteiger partial charge is 0.341 e. The van der Waals surface area contributed by atoms with Crippen molar-refractivity contribution in [2.75, 3.05) is 11.9 Å². The minimum atomic E-state index is 0.121. The summed E-state index contributed by atoms with van der Waals surface area (Å²) < 4.78 is 0. The predicted molar refractivity (Wildman–Crippen MR) is 79.2 cm³/mol. The Bertz CT molecular complexity index is 403. The summed E-state index contributed by atoms with van der Waals surface area (Å²) in [4.78, 5) is 11.2. The van der Waals surface area contributed by atoms with E-state index in [0.29, 0.717) is 6.04 Å². The number of anilines is 1. The molecular formula is C15H26N4. The third-order valence-electron chi connectivity index (χ3n) is 3.75. The zero-order valence-electron chi connectivity index (χ0n) is 12.8. The van der Waals surface area contributed by atoms with Crippen LogP contribution in [0.1, 0.15) is 46.1 Å². The van der Waals surface area contributed by atoms with Gasteiger partial charge in [0.1, 0.15) is 0 Å². The van der Waals surface area contributed by atoms with E-state index in [1.807, 2.05) is 12.4 Å². The molecule has 0 saturated heterocycles. The first-order valence-corrected chi connectivity index (χ1v) is 7.15. The highest BCUT2D eigenvalue weighted by molar-refractivity contribution is 5.30.